The highest BCUT2D eigenvalue weighted by molar-refractivity contribution is 7.13. The van der Waals surface area contributed by atoms with Gasteiger partial charge in [-0.15, -0.1) is 11.3 Å². The first-order valence-electron chi connectivity index (χ1n) is 6.05. The van der Waals surface area contributed by atoms with E-state index in [2.05, 4.69) is 9.97 Å². The van der Waals surface area contributed by atoms with Crippen LogP contribution in [0.4, 0.5) is 0 Å². The predicted molar refractivity (Wildman–Crippen MR) is 78.3 cm³/mol. The first kappa shape index (κ1) is 12.6. The molecule has 5 heteroatoms. The summed E-state index contributed by atoms with van der Waals surface area (Å²) >= 11 is 1.49. The van der Waals surface area contributed by atoms with Crippen LogP contribution in [0.5, 0.6) is 5.75 Å². The van der Waals surface area contributed by atoms with Gasteiger partial charge < -0.3 is 9.72 Å². The molecule has 0 unspecified atom stereocenters. The molecular weight excluding hydrogens is 272 g/mol. The van der Waals surface area contributed by atoms with Crippen molar-refractivity contribution in [1.82, 2.24) is 9.97 Å². The number of aromatic nitrogens is 2. The summed E-state index contributed by atoms with van der Waals surface area (Å²) in [6.45, 7) is 0. The van der Waals surface area contributed by atoms with Gasteiger partial charge in [0.05, 0.1) is 12.8 Å². The maximum atomic E-state index is 12.5. The molecule has 0 aliphatic carbocycles. The van der Waals surface area contributed by atoms with Crippen LogP contribution in [0.25, 0.3) is 10.6 Å². The average molecular weight is 284 g/mol. The van der Waals surface area contributed by atoms with Gasteiger partial charge in [-0.05, 0) is 30.3 Å². The van der Waals surface area contributed by atoms with Crippen molar-refractivity contribution in [2.24, 2.45) is 0 Å². The molecule has 0 radical (unpaired) electrons. The standard InChI is InChI=1S/C15H12N2O2S/c1-19-10-4-5-11(14(18)13-3-2-6-16-13)12(9-10)15-17-7-8-20-15/h2-9,16H,1H3. The number of carbonyl (C=O) groups excluding carboxylic acids is 1. The molecular formula is C15H12N2O2S. The molecule has 0 aliphatic rings. The van der Waals surface area contributed by atoms with E-state index >= 15 is 0 Å². The first-order chi connectivity index (χ1) is 9.79. The SMILES string of the molecule is COc1ccc(C(=O)c2ccc[nH]2)c(-c2nccs2)c1. The van der Waals surface area contributed by atoms with Crippen LogP contribution in [0.3, 0.4) is 0 Å². The zero-order chi connectivity index (χ0) is 13.9. The maximum Gasteiger partial charge on any atom is 0.209 e. The number of carbonyl (C=O) groups is 1. The smallest absolute Gasteiger partial charge is 0.209 e. The Hall–Kier alpha value is -2.40. The van der Waals surface area contributed by atoms with Crippen LogP contribution in [0.1, 0.15) is 16.1 Å². The van der Waals surface area contributed by atoms with Crippen LogP contribution in [-0.4, -0.2) is 22.9 Å². The second kappa shape index (κ2) is 5.30. The predicted octanol–water partition coefficient (Wildman–Crippen LogP) is 3.38. The van der Waals surface area contributed by atoms with Crippen molar-refractivity contribution in [2.45, 2.75) is 0 Å². The lowest BCUT2D eigenvalue weighted by Crippen LogP contribution is -2.04. The van der Waals surface area contributed by atoms with Crippen LogP contribution < -0.4 is 4.74 Å². The summed E-state index contributed by atoms with van der Waals surface area (Å²) in [5.41, 5.74) is 1.97. The summed E-state index contributed by atoms with van der Waals surface area (Å²) in [5.74, 6) is 0.654. The Kier molecular flexibility index (Phi) is 3.35. The molecule has 4 nitrogen and oxygen atoms in total. The molecule has 0 atom stereocenters. The number of aromatic amines is 1. The van der Waals surface area contributed by atoms with Crippen molar-refractivity contribution in [1.29, 1.82) is 0 Å². The zero-order valence-corrected chi connectivity index (χ0v) is 11.6. The molecule has 0 saturated heterocycles. The molecule has 2 heterocycles. The number of methoxy groups -OCH3 is 1. The highest BCUT2D eigenvalue weighted by Gasteiger charge is 2.17. The Balaban J connectivity index is 2.13. The number of nitrogens with zero attached hydrogens (tertiary/aromatic N) is 1. The van der Waals surface area contributed by atoms with Crippen molar-refractivity contribution in [3.8, 4) is 16.3 Å². The number of rotatable bonds is 4. The van der Waals surface area contributed by atoms with Gasteiger partial charge in [0.2, 0.25) is 5.78 Å². The number of thiazole rings is 1. The van der Waals surface area contributed by atoms with Gasteiger partial charge in [-0.25, -0.2) is 4.98 Å². The summed E-state index contributed by atoms with van der Waals surface area (Å²) in [4.78, 5) is 19.8. The largest absolute Gasteiger partial charge is 0.497 e. The summed E-state index contributed by atoms with van der Waals surface area (Å²) in [6, 6.07) is 8.97. The lowest BCUT2D eigenvalue weighted by Gasteiger charge is -2.08. The molecule has 3 rings (SSSR count). The van der Waals surface area contributed by atoms with E-state index in [9.17, 15) is 4.79 Å². The number of benzene rings is 1. The van der Waals surface area contributed by atoms with Crippen LogP contribution >= 0.6 is 11.3 Å². The van der Waals surface area contributed by atoms with E-state index in [4.69, 9.17) is 4.74 Å². The fourth-order valence-electron chi connectivity index (χ4n) is 2.00. The second-order valence-corrected chi connectivity index (χ2v) is 5.06. The Labute approximate surface area is 120 Å². The van der Waals surface area contributed by atoms with Gasteiger partial charge in [0, 0.05) is 28.9 Å². The topological polar surface area (TPSA) is 55.0 Å². The van der Waals surface area contributed by atoms with E-state index in [0.717, 1.165) is 10.6 Å². The quantitative estimate of drug-likeness (QED) is 0.747. The van der Waals surface area contributed by atoms with E-state index in [1.54, 1.807) is 43.8 Å². The third kappa shape index (κ3) is 2.23. The van der Waals surface area contributed by atoms with Gasteiger partial charge >= 0.3 is 0 Å². The Morgan fingerprint density at radius 2 is 2.25 bits per heavy atom. The molecule has 20 heavy (non-hydrogen) atoms. The number of hydrogen-bond acceptors (Lipinski definition) is 4. The Morgan fingerprint density at radius 3 is 2.90 bits per heavy atom. The number of ether oxygens (including phenoxy) is 1. The molecule has 0 aliphatic heterocycles. The van der Waals surface area contributed by atoms with Gasteiger partial charge in [-0.1, -0.05) is 0 Å². The summed E-state index contributed by atoms with van der Waals surface area (Å²) in [6.07, 6.45) is 3.46. The molecule has 0 fully saturated rings. The molecule has 100 valence electrons. The third-order valence-electron chi connectivity index (χ3n) is 2.98. The van der Waals surface area contributed by atoms with Crippen molar-refractivity contribution in [2.75, 3.05) is 7.11 Å². The van der Waals surface area contributed by atoms with E-state index in [1.165, 1.54) is 11.3 Å². The number of ketones is 1. The zero-order valence-electron chi connectivity index (χ0n) is 10.8. The fourth-order valence-corrected chi connectivity index (χ4v) is 2.67. The molecule has 1 N–H and O–H groups in total. The second-order valence-electron chi connectivity index (χ2n) is 4.16. The van der Waals surface area contributed by atoms with Crippen LogP contribution in [0.15, 0.2) is 48.1 Å². The van der Waals surface area contributed by atoms with E-state index < -0.39 is 0 Å². The maximum absolute atomic E-state index is 12.5. The van der Waals surface area contributed by atoms with Crippen molar-refractivity contribution < 1.29 is 9.53 Å². The van der Waals surface area contributed by atoms with Gasteiger partial charge in [-0.3, -0.25) is 4.79 Å². The summed E-state index contributed by atoms with van der Waals surface area (Å²) in [5, 5.41) is 2.69. The van der Waals surface area contributed by atoms with E-state index in [0.29, 0.717) is 17.0 Å². The molecule has 1 aromatic carbocycles. The van der Waals surface area contributed by atoms with Gasteiger partial charge in [-0.2, -0.15) is 0 Å². The first-order valence-corrected chi connectivity index (χ1v) is 6.93. The minimum absolute atomic E-state index is 0.0529. The van der Waals surface area contributed by atoms with E-state index in [1.807, 2.05) is 11.4 Å². The molecule has 3 aromatic rings. The average Bonchev–Trinajstić information content (AvgIpc) is 3.18. The summed E-state index contributed by atoms with van der Waals surface area (Å²) < 4.78 is 5.24. The molecule has 0 amide bonds. The highest BCUT2D eigenvalue weighted by atomic mass is 32.1. The molecule has 0 bridgehead atoms. The number of nitrogens with one attached hydrogen (secondary N) is 1. The van der Waals surface area contributed by atoms with Crippen molar-refractivity contribution >= 4 is 17.1 Å². The fraction of sp³-hybridized carbons (Fsp3) is 0.0667. The van der Waals surface area contributed by atoms with E-state index in [-0.39, 0.29) is 5.78 Å². The third-order valence-corrected chi connectivity index (χ3v) is 3.78. The minimum atomic E-state index is -0.0529. The van der Waals surface area contributed by atoms with Gasteiger partial charge in [0.25, 0.3) is 0 Å². The lowest BCUT2D eigenvalue weighted by molar-refractivity contribution is 0.103. The minimum Gasteiger partial charge on any atom is -0.497 e. The number of hydrogen-bond donors (Lipinski definition) is 1. The monoisotopic (exact) mass is 284 g/mol. The Morgan fingerprint density at radius 1 is 1.35 bits per heavy atom. The van der Waals surface area contributed by atoms with Crippen LogP contribution in [-0.2, 0) is 0 Å². The van der Waals surface area contributed by atoms with Gasteiger partial charge in [0.15, 0.2) is 0 Å². The molecule has 0 spiro atoms. The highest BCUT2D eigenvalue weighted by Crippen LogP contribution is 2.30. The van der Waals surface area contributed by atoms with Crippen LogP contribution in [0.2, 0.25) is 0 Å². The van der Waals surface area contributed by atoms with Crippen LogP contribution in [0, 0.1) is 0 Å². The summed E-state index contributed by atoms with van der Waals surface area (Å²) in [7, 11) is 1.60. The Bertz CT molecular complexity index is 718. The van der Waals surface area contributed by atoms with Crippen molar-refractivity contribution in [3.63, 3.8) is 0 Å². The molecule has 0 saturated carbocycles. The lowest BCUT2D eigenvalue weighted by atomic mass is 10.0. The number of H-pyrrole nitrogens is 1. The van der Waals surface area contributed by atoms with Gasteiger partial charge in [0.1, 0.15) is 10.8 Å². The van der Waals surface area contributed by atoms with Crippen molar-refractivity contribution in [3.05, 3.63) is 59.4 Å². The molecule has 2 aromatic heterocycles. The normalized spacial score (nSPS) is 10.4.